The van der Waals surface area contributed by atoms with Crippen LogP contribution >= 0.6 is 0 Å². The van der Waals surface area contributed by atoms with E-state index in [4.69, 9.17) is 9.97 Å². The number of phenolic OH excluding ortho intramolecular Hbond substituents is 1. The molecule has 0 aliphatic heterocycles. The van der Waals surface area contributed by atoms with Crippen LogP contribution in [0.2, 0.25) is 0 Å². The molecule has 0 fully saturated rings. The van der Waals surface area contributed by atoms with Gasteiger partial charge in [-0.05, 0) is 71.3 Å². The molecule has 0 amide bonds. The minimum atomic E-state index is 0. The van der Waals surface area contributed by atoms with Crippen molar-refractivity contribution >= 4 is 27.5 Å². The molecule has 0 aliphatic carbocycles. The monoisotopic (exact) mass is 874 g/mol. The van der Waals surface area contributed by atoms with Crippen LogP contribution in [0.1, 0.15) is 0 Å². The first-order valence-corrected chi connectivity index (χ1v) is 17.6. The zero-order valence-electron chi connectivity index (χ0n) is 28.9. The van der Waals surface area contributed by atoms with Crippen LogP contribution in [0, 0.1) is 6.07 Å². The number of fused-ring (bicyclic) bond motifs is 4. The van der Waals surface area contributed by atoms with E-state index in [-0.39, 0.29) is 26.8 Å². The predicted molar refractivity (Wildman–Crippen MR) is 215 cm³/mol. The first-order valence-electron chi connectivity index (χ1n) is 17.6. The SMILES string of the molecule is Oc1ccccc1-c1cc(-c2ccccc2)cc(-c2[c-]c(-c3nc4ccccn4c3-c3ccc4c5ccccc5n(-c5ccccc5)c4c3)ccc2)n1.[Pt]. The Morgan fingerprint density at radius 2 is 1.20 bits per heavy atom. The summed E-state index contributed by atoms with van der Waals surface area (Å²) < 4.78 is 4.51. The van der Waals surface area contributed by atoms with Gasteiger partial charge in [-0.15, -0.1) is 24.3 Å². The standard InChI is InChI=1S/C48H31N4O.Pt/c53-45-23-10-8-21-40(45)42-30-36(32-14-3-1-4-15-32)29-41(49-42)33-16-13-17-34(28-33)47-48(51-27-12-11-24-46(51)50-47)35-25-26-39-38-20-7-9-22-43(38)52(44(39)31-35)37-18-5-2-6-19-37;/h1-27,29-31,53H;/q-1;. The van der Waals surface area contributed by atoms with Crippen LogP contribution in [0.4, 0.5) is 0 Å². The van der Waals surface area contributed by atoms with Crippen molar-refractivity contribution in [2.24, 2.45) is 0 Å². The third kappa shape index (κ3) is 5.71. The maximum atomic E-state index is 10.8. The van der Waals surface area contributed by atoms with Crippen LogP contribution in [0.25, 0.3) is 89.3 Å². The van der Waals surface area contributed by atoms with Gasteiger partial charge in [-0.2, -0.15) is 0 Å². The molecule has 0 saturated carbocycles. The summed E-state index contributed by atoms with van der Waals surface area (Å²) in [4.78, 5) is 10.3. The zero-order valence-corrected chi connectivity index (χ0v) is 31.1. The van der Waals surface area contributed by atoms with Gasteiger partial charge in [0.1, 0.15) is 11.4 Å². The van der Waals surface area contributed by atoms with Crippen molar-refractivity contribution in [1.29, 1.82) is 0 Å². The third-order valence-electron chi connectivity index (χ3n) is 9.93. The van der Waals surface area contributed by atoms with E-state index < -0.39 is 0 Å². The first-order chi connectivity index (χ1) is 26.2. The van der Waals surface area contributed by atoms with Gasteiger partial charge in [0.15, 0.2) is 0 Å². The molecular formula is C48H31N4OPt-. The van der Waals surface area contributed by atoms with Gasteiger partial charge in [0, 0.05) is 66.4 Å². The molecule has 10 aromatic rings. The van der Waals surface area contributed by atoms with Crippen LogP contribution in [-0.2, 0) is 21.1 Å². The second kappa shape index (κ2) is 13.8. The summed E-state index contributed by atoms with van der Waals surface area (Å²) in [6.07, 6.45) is 2.07. The van der Waals surface area contributed by atoms with Crippen molar-refractivity contribution in [3.63, 3.8) is 0 Å². The Balaban J connectivity index is 0.00000384. The number of rotatable bonds is 6. The average molecular weight is 875 g/mol. The Hall–Kier alpha value is -6.55. The largest absolute Gasteiger partial charge is 0.507 e. The van der Waals surface area contributed by atoms with Crippen molar-refractivity contribution in [2.45, 2.75) is 0 Å². The molecule has 1 N–H and O–H groups in total. The molecule has 4 heterocycles. The minimum Gasteiger partial charge on any atom is -0.507 e. The third-order valence-corrected chi connectivity index (χ3v) is 9.93. The number of para-hydroxylation sites is 3. The van der Waals surface area contributed by atoms with Gasteiger partial charge in [0.25, 0.3) is 0 Å². The predicted octanol–water partition coefficient (Wildman–Crippen LogP) is 11.7. The van der Waals surface area contributed by atoms with E-state index in [9.17, 15) is 5.11 Å². The number of aromatic hydroxyl groups is 1. The molecule has 0 saturated heterocycles. The van der Waals surface area contributed by atoms with Crippen LogP contribution in [0.5, 0.6) is 5.75 Å². The number of hydrogen-bond acceptors (Lipinski definition) is 3. The van der Waals surface area contributed by atoms with Crippen LogP contribution in [0.15, 0.2) is 182 Å². The zero-order chi connectivity index (χ0) is 35.3. The van der Waals surface area contributed by atoms with Gasteiger partial charge in [0.05, 0.1) is 16.7 Å². The van der Waals surface area contributed by atoms with Crippen LogP contribution in [-0.4, -0.2) is 24.0 Å². The van der Waals surface area contributed by atoms with Crippen molar-refractivity contribution in [3.8, 4) is 67.6 Å². The van der Waals surface area contributed by atoms with E-state index in [1.54, 1.807) is 6.07 Å². The number of nitrogens with zero attached hydrogens (tertiary/aromatic N) is 4. The van der Waals surface area contributed by atoms with Crippen molar-refractivity contribution in [2.75, 3.05) is 0 Å². The summed E-state index contributed by atoms with van der Waals surface area (Å²) >= 11 is 0. The molecule has 4 aromatic heterocycles. The Morgan fingerprint density at radius 3 is 2.06 bits per heavy atom. The Morgan fingerprint density at radius 1 is 0.500 bits per heavy atom. The van der Waals surface area contributed by atoms with E-state index in [0.29, 0.717) is 11.3 Å². The number of phenols is 1. The van der Waals surface area contributed by atoms with E-state index in [0.717, 1.165) is 61.8 Å². The van der Waals surface area contributed by atoms with Crippen molar-refractivity contribution < 1.29 is 26.2 Å². The van der Waals surface area contributed by atoms with Gasteiger partial charge in [-0.25, -0.2) is 0 Å². The molecule has 6 heteroatoms. The molecule has 0 atom stereocenters. The average Bonchev–Trinajstić information content (AvgIpc) is 3.78. The number of aromatic nitrogens is 4. The summed E-state index contributed by atoms with van der Waals surface area (Å²) in [6, 6.07) is 63.5. The quantitative estimate of drug-likeness (QED) is 0.169. The molecule has 0 aliphatic rings. The number of pyridine rings is 2. The molecule has 6 aromatic carbocycles. The molecule has 0 unspecified atom stereocenters. The summed E-state index contributed by atoms with van der Waals surface area (Å²) in [5, 5.41) is 13.2. The van der Waals surface area contributed by atoms with Crippen molar-refractivity contribution in [3.05, 3.63) is 188 Å². The van der Waals surface area contributed by atoms with Crippen molar-refractivity contribution in [1.82, 2.24) is 18.9 Å². The second-order valence-electron chi connectivity index (χ2n) is 13.1. The maximum Gasteiger partial charge on any atom is 0.129 e. The van der Waals surface area contributed by atoms with Gasteiger partial charge < -0.3 is 14.1 Å². The second-order valence-corrected chi connectivity index (χ2v) is 13.1. The van der Waals surface area contributed by atoms with Crippen LogP contribution < -0.4 is 0 Å². The van der Waals surface area contributed by atoms with E-state index in [1.165, 1.54) is 16.3 Å². The summed E-state index contributed by atoms with van der Waals surface area (Å²) in [6.45, 7) is 0. The summed E-state index contributed by atoms with van der Waals surface area (Å²) in [5.74, 6) is 0.187. The van der Waals surface area contributed by atoms with E-state index >= 15 is 0 Å². The molecule has 5 nitrogen and oxygen atoms in total. The Labute approximate surface area is 326 Å². The molecular weight excluding hydrogens is 844 g/mol. The molecule has 0 spiro atoms. The Kier molecular flexibility index (Phi) is 8.49. The van der Waals surface area contributed by atoms with Crippen LogP contribution in [0.3, 0.4) is 0 Å². The smallest absolute Gasteiger partial charge is 0.129 e. The summed E-state index contributed by atoms with van der Waals surface area (Å²) in [7, 11) is 0. The topological polar surface area (TPSA) is 55.4 Å². The minimum absolute atomic E-state index is 0. The van der Waals surface area contributed by atoms with Gasteiger partial charge in [0.2, 0.25) is 0 Å². The van der Waals surface area contributed by atoms with E-state index in [2.05, 4.69) is 118 Å². The number of hydrogen-bond donors (Lipinski definition) is 1. The Bertz CT molecular complexity index is 2970. The maximum absolute atomic E-state index is 10.8. The fourth-order valence-electron chi connectivity index (χ4n) is 7.48. The molecule has 10 rings (SSSR count). The molecule has 0 bridgehead atoms. The number of imidazole rings is 1. The first kappa shape index (κ1) is 33.3. The number of benzene rings is 6. The van der Waals surface area contributed by atoms with Gasteiger partial charge >= 0.3 is 0 Å². The normalized spacial score (nSPS) is 11.3. The molecule has 0 radical (unpaired) electrons. The summed E-state index contributed by atoms with van der Waals surface area (Å²) in [5.41, 5.74) is 13.0. The van der Waals surface area contributed by atoms with Gasteiger partial charge in [-0.3, -0.25) is 9.97 Å². The molecule has 260 valence electrons. The van der Waals surface area contributed by atoms with Gasteiger partial charge in [-0.1, -0.05) is 114 Å². The fourth-order valence-corrected chi connectivity index (χ4v) is 7.48. The molecule has 54 heavy (non-hydrogen) atoms. The van der Waals surface area contributed by atoms with E-state index in [1.807, 2.05) is 72.8 Å². The fraction of sp³-hybridized carbons (Fsp3) is 0.